The molecule has 0 fully saturated rings. The molecule has 0 heterocycles. The lowest BCUT2D eigenvalue weighted by Gasteiger charge is -2.14. The van der Waals surface area contributed by atoms with Crippen LogP contribution in [0, 0.1) is 0 Å². The maximum atomic E-state index is 12.1. The number of hydrogen-bond acceptors (Lipinski definition) is 5. The van der Waals surface area contributed by atoms with Gasteiger partial charge in [0.1, 0.15) is 6.54 Å². The van der Waals surface area contributed by atoms with Gasteiger partial charge in [0.2, 0.25) is 0 Å². The Kier molecular flexibility index (Phi) is 6.82. The normalized spacial score (nSPS) is 11.2. The Morgan fingerprint density at radius 1 is 0.963 bits per heavy atom. The zero-order valence-electron chi connectivity index (χ0n) is 15.0. The minimum atomic E-state index is -1.06. The summed E-state index contributed by atoms with van der Waals surface area (Å²) in [5.74, 6) is -1.82. The first-order chi connectivity index (χ1) is 12.9. The van der Waals surface area contributed by atoms with E-state index in [9.17, 15) is 19.2 Å². The first-order valence-electron chi connectivity index (χ1n) is 8.31. The average molecular weight is 368 g/mol. The Morgan fingerprint density at radius 3 is 2.30 bits per heavy atom. The summed E-state index contributed by atoms with van der Waals surface area (Å²) < 4.78 is 5.02. The van der Waals surface area contributed by atoms with E-state index in [0.717, 1.165) is 0 Å². The molecule has 140 valence electrons. The second kappa shape index (κ2) is 9.28. The van der Waals surface area contributed by atoms with E-state index in [-0.39, 0.29) is 12.3 Å². The van der Waals surface area contributed by atoms with E-state index >= 15 is 0 Å². The number of esters is 1. The van der Waals surface area contributed by atoms with Crippen molar-refractivity contribution in [3.8, 4) is 0 Å². The van der Waals surface area contributed by atoms with Crippen molar-refractivity contribution < 1.29 is 23.9 Å². The van der Waals surface area contributed by atoms with Gasteiger partial charge in [-0.1, -0.05) is 30.3 Å². The summed E-state index contributed by atoms with van der Waals surface area (Å²) in [6.07, 6.45) is -1.06. The Bertz CT molecular complexity index is 848. The summed E-state index contributed by atoms with van der Waals surface area (Å²) in [5.41, 5.74) is 1.30. The van der Waals surface area contributed by atoms with Crippen LogP contribution >= 0.6 is 0 Å². The lowest BCUT2D eigenvalue weighted by Crippen LogP contribution is -2.35. The van der Waals surface area contributed by atoms with E-state index in [1.54, 1.807) is 48.5 Å². The molecule has 0 aliphatic carbocycles. The van der Waals surface area contributed by atoms with Crippen LogP contribution in [0.4, 0.5) is 5.69 Å². The molecule has 0 aromatic heterocycles. The number of anilines is 1. The number of Topliss-reactive ketones (excluding diaryl/α,β-unsaturated/α-hetero) is 1. The molecule has 0 aliphatic rings. The van der Waals surface area contributed by atoms with Gasteiger partial charge in [0.15, 0.2) is 11.9 Å². The highest BCUT2D eigenvalue weighted by atomic mass is 16.5. The summed E-state index contributed by atoms with van der Waals surface area (Å²) >= 11 is 0. The van der Waals surface area contributed by atoms with Crippen molar-refractivity contribution in [2.45, 2.75) is 20.0 Å². The standard InChI is InChI=1S/C20H20N2O5/c1-13(23)16-9-6-10-17(11-16)22-19(25)14(2)27-18(24)12-21-20(26)15-7-4-3-5-8-15/h3-11,14H,12H2,1-2H3,(H,21,26)(H,22,25)/t14-/m0/s1. The lowest BCUT2D eigenvalue weighted by molar-refractivity contribution is -0.152. The van der Waals surface area contributed by atoms with Crippen LogP contribution in [-0.4, -0.2) is 36.2 Å². The maximum absolute atomic E-state index is 12.1. The Balaban J connectivity index is 1.83. The smallest absolute Gasteiger partial charge is 0.326 e. The summed E-state index contributed by atoms with van der Waals surface area (Å²) in [7, 11) is 0. The number of rotatable bonds is 7. The number of carbonyl (C=O) groups is 4. The van der Waals surface area contributed by atoms with E-state index in [1.807, 2.05) is 0 Å². The molecular formula is C20H20N2O5. The van der Waals surface area contributed by atoms with Crippen molar-refractivity contribution in [3.05, 3.63) is 65.7 Å². The van der Waals surface area contributed by atoms with Crippen molar-refractivity contribution in [1.82, 2.24) is 5.32 Å². The molecule has 7 nitrogen and oxygen atoms in total. The van der Waals surface area contributed by atoms with Gasteiger partial charge < -0.3 is 15.4 Å². The molecule has 0 unspecified atom stereocenters. The van der Waals surface area contributed by atoms with Crippen LogP contribution in [-0.2, 0) is 14.3 Å². The molecule has 2 rings (SSSR count). The third kappa shape index (κ3) is 6.07. The number of amides is 2. The van der Waals surface area contributed by atoms with E-state index in [2.05, 4.69) is 10.6 Å². The molecule has 0 aliphatic heterocycles. The van der Waals surface area contributed by atoms with Crippen LogP contribution in [0.15, 0.2) is 54.6 Å². The first kappa shape index (κ1) is 19.8. The van der Waals surface area contributed by atoms with Gasteiger partial charge in [-0.25, -0.2) is 0 Å². The highest BCUT2D eigenvalue weighted by molar-refractivity contribution is 5.99. The zero-order chi connectivity index (χ0) is 19.8. The second-order valence-corrected chi connectivity index (χ2v) is 5.81. The van der Waals surface area contributed by atoms with Gasteiger partial charge in [-0.2, -0.15) is 0 Å². The predicted molar refractivity (Wildman–Crippen MR) is 99.4 cm³/mol. The van der Waals surface area contributed by atoms with Crippen LogP contribution in [0.5, 0.6) is 0 Å². The van der Waals surface area contributed by atoms with Gasteiger partial charge >= 0.3 is 5.97 Å². The van der Waals surface area contributed by atoms with Crippen molar-refractivity contribution >= 4 is 29.3 Å². The van der Waals surface area contributed by atoms with Crippen molar-refractivity contribution in [2.24, 2.45) is 0 Å². The molecule has 0 saturated carbocycles. The van der Waals surface area contributed by atoms with Crippen molar-refractivity contribution in [1.29, 1.82) is 0 Å². The number of benzene rings is 2. The Hall–Kier alpha value is -3.48. The third-order valence-electron chi connectivity index (χ3n) is 3.64. The number of ether oxygens (including phenoxy) is 1. The molecule has 0 radical (unpaired) electrons. The first-order valence-corrected chi connectivity index (χ1v) is 8.31. The number of ketones is 1. The van der Waals surface area contributed by atoms with Crippen molar-refractivity contribution in [2.75, 3.05) is 11.9 Å². The van der Waals surface area contributed by atoms with Gasteiger partial charge in [0, 0.05) is 16.8 Å². The number of hydrogen-bond donors (Lipinski definition) is 2. The van der Waals surface area contributed by atoms with Crippen molar-refractivity contribution in [3.63, 3.8) is 0 Å². The fourth-order valence-corrected chi connectivity index (χ4v) is 2.20. The summed E-state index contributed by atoms with van der Waals surface area (Å²) in [4.78, 5) is 47.2. The van der Waals surface area contributed by atoms with Gasteiger partial charge in [-0.3, -0.25) is 19.2 Å². The SMILES string of the molecule is CC(=O)c1cccc(NC(=O)[C@H](C)OC(=O)CNC(=O)c2ccccc2)c1. The van der Waals surface area contributed by atoms with E-state index in [1.165, 1.54) is 19.9 Å². The number of carbonyl (C=O) groups excluding carboxylic acids is 4. The summed E-state index contributed by atoms with van der Waals surface area (Å²) in [6, 6.07) is 14.9. The zero-order valence-corrected chi connectivity index (χ0v) is 15.0. The average Bonchev–Trinajstić information content (AvgIpc) is 2.66. The quantitative estimate of drug-likeness (QED) is 0.576. The topological polar surface area (TPSA) is 102 Å². The van der Waals surface area contributed by atoms with E-state index < -0.39 is 23.9 Å². The highest BCUT2D eigenvalue weighted by Gasteiger charge is 2.18. The predicted octanol–water partition coefficient (Wildman–Crippen LogP) is 2.19. The molecule has 2 N–H and O–H groups in total. The molecule has 0 spiro atoms. The molecule has 2 aromatic rings. The third-order valence-corrected chi connectivity index (χ3v) is 3.64. The monoisotopic (exact) mass is 368 g/mol. The van der Waals surface area contributed by atoms with Crippen LogP contribution in [0.3, 0.4) is 0 Å². The van der Waals surface area contributed by atoms with Gasteiger partial charge in [-0.05, 0) is 38.1 Å². The molecule has 27 heavy (non-hydrogen) atoms. The van der Waals surface area contributed by atoms with Gasteiger partial charge in [0.25, 0.3) is 11.8 Å². The minimum Gasteiger partial charge on any atom is -0.451 e. The van der Waals surface area contributed by atoms with Crippen LogP contribution in [0.1, 0.15) is 34.6 Å². The lowest BCUT2D eigenvalue weighted by atomic mass is 10.1. The molecule has 1 atom stereocenters. The molecular weight excluding hydrogens is 348 g/mol. The molecule has 0 bridgehead atoms. The largest absolute Gasteiger partial charge is 0.451 e. The van der Waals surface area contributed by atoms with Crippen LogP contribution in [0.2, 0.25) is 0 Å². The van der Waals surface area contributed by atoms with Crippen LogP contribution in [0.25, 0.3) is 0 Å². The fourth-order valence-electron chi connectivity index (χ4n) is 2.20. The van der Waals surface area contributed by atoms with E-state index in [4.69, 9.17) is 4.74 Å². The molecule has 2 aromatic carbocycles. The summed E-state index contributed by atoms with van der Waals surface area (Å²) in [6.45, 7) is 2.49. The molecule has 0 saturated heterocycles. The van der Waals surface area contributed by atoms with Gasteiger partial charge in [0.05, 0.1) is 0 Å². The second-order valence-electron chi connectivity index (χ2n) is 5.81. The minimum absolute atomic E-state index is 0.125. The maximum Gasteiger partial charge on any atom is 0.326 e. The Morgan fingerprint density at radius 2 is 1.63 bits per heavy atom. The van der Waals surface area contributed by atoms with Gasteiger partial charge in [-0.15, -0.1) is 0 Å². The number of nitrogens with one attached hydrogen (secondary N) is 2. The molecule has 7 heteroatoms. The molecule has 2 amide bonds. The summed E-state index contributed by atoms with van der Waals surface area (Å²) in [5, 5.41) is 5.01. The highest BCUT2D eigenvalue weighted by Crippen LogP contribution is 2.12. The van der Waals surface area contributed by atoms with Crippen LogP contribution < -0.4 is 10.6 Å². The Labute approximate surface area is 156 Å². The van der Waals surface area contributed by atoms with E-state index in [0.29, 0.717) is 16.8 Å². The fraction of sp³-hybridized carbons (Fsp3) is 0.200.